The molecule has 2 aromatic carbocycles. The summed E-state index contributed by atoms with van der Waals surface area (Å²) in [6.07, 6.45) is 0.307. The number of esters is 1. The highest BCUT2D eigenvalue weighted by molar-refractivity contribution is 5.93. The van der Waals surface area contributed by atoms with Gasteiger partial charge < -0.3 is 15.0 Å². The Morgan fingerprint density at radius 2 is 1.71 bits per heavy atom. The number of hydrogen-bond acceptors (Lipinski definition) is 4. The Balaban J connectivity index is 1.92. The van der Waals surface area contributed by atoms with Gasteiger partial charge in [-0.3, -0.25) is 9.59 Å². The van der Waals surface area contributed by atoms with Crippen LogP contribution >= 0.6 is 0 Å². The minimum Gasteiger partial charge on any atom is -0.462 e. The molecule has 0 heterocycles. The van der Waals surface area contributed by atoms with E-state index in [1.165, 1.54) is 6.92 Å². The largest absolute Gasteiger partial charge is 0.462 e. The highest BCUT2D eigenvalue weighted by atomic mass is 16.5. The zero-order valence-corrected chi connectivity index (χ0v) is 16.5. The fourth-order valence-electron chi connectivity index (χ4n) is 2.81. The lowest BCUT2D eigenvalue weighted by molar-refractivity contribution is -0.121. The molecule has 0 aliphatic rings. The summed E-state index contributed by atoms with van der Waals surface area (Å²) in [4.78, 5) is 37.5. The van der Waals surface area contributed by atoms with Crippen LogP contribution in [0.5, 0.6) is 0 Å². The van der Waals surface area contributed by atoms with Crippen molar-refractivity contribution in [3.63, 3.8) is 0 Å². The molecule has 0 atom stereocenters. The number of carbonyl (C=O) groups excluding carboxylic acids is 3. The first-order valence-corrected chi connectivity index (χ1v) is 9.29. The molecule has 0 fully saturated rings. The minimum absolute atomic E-state index is 0.0875. The minimum atomic E-state index is -0.396. The number of amides is 2. The van der Waals surface area contributed by atoms with Crippen LogP contribution in [0.25, 0.3) is 0 Å². The number of anilines is 1. The van der Waals surface area contributed by atoms with Crippen LogP contribution in [0.1, 0.15) is 35.3 Å². The van der Waals surface area contributed by atoms with E-state index in [2.05, 4.69) is 5.32 Å². The van der Waals surface area contributed by atoms with Crippen molar-refractivity contribution in [3.05, 3.63) is 65.2 Å². The van der Waals surface area contributed by atoms with Gasteiger partial charge in [0.25, 0.3) is 0 Å². The Bertz CT molecular complexity index is 831. The van der Waals surface area contributed by atoms with Crippen LogP contribution in [0.2, 0.25) is 0 Å². The maximum atomic E-state index is 12.2. The van der Waals surface area contributed by atoms with Gasteiger partial charge in [0.05, 0.1) is 18.6 Å². The predicted molar refractivity (Wildman–Crippen MR) is 108 cm³/mol. The maximum absolute atomic E-state index is 12.2. The van der Waals surface area contributed by atoms with Gasteiger partial charge in [-0.2, -0.15) is 0 Å². The first-order chi connectivity index (χ1) is 13.4. The second-order valence-corrected chi connectivity index (χ2v) is 6.39. The molecule has 0 aliphatic heterocycles. The number of hydrogen-bond donors (Lipinski definition) is 1. The first kappa shape index (κ1) is 21.2. The highest BCUT2D eigenvalue weighted by Gasteiger charge is 2.14. The van der Waals surface area contributed by atoms with Crippen molar-refractivity contribution < 1.29 is 19.1 Å². The molecule has 6 nitrogen and oxygen atoms in total. The first-order valence-electron chi connectivity index (χ1n) is 9.29. The van der Waals surface area contributed by atoms with Gasteiger partial charge in [0.2, 0.25) is 11.8 Å². The van der Waals surface area contributed by atoms with E-state index in [9.17, 15) is 14.4 Å². The molecule has 0 saturated carbocycles. The molecule has 0 spiro atoms. The molecule has 2 rings (SSSR count). The average molecular weight is 382 g/mol. The number of ether oxygens (including phenoxy) is 1. The molecule has 0 radical (unpaired) electrons. The molecule has 0 unspecified atom stereocenters. The fourth-order valence-corrected chi connectivity index (χ4v) is 2.81. The fraction of sp³-hybridized carbons (Fsp3) is 0.318. The normalized spacial score (nSPS) is 10.2. The molecule has 0 aliphatic carbocycles. The maximum Gasteiger partial charge on any atom is 0.338 e. The summed E-state index contributed by atoms with van der Waals surface area (Å²) in [7, 11) is 0. The molecule has 1 N–H and O–H groups in total. The quantitative estimate of drug-likeness (QED) is 0.713. The molecular formula is C22H26N2O4. The second kappa shape index (κ2) is 10.3. The van der Waals surface area contributed by atoms with Crippen LogP contribution in [0.4, 0.5) is 5.69 Å². The van der Waals surface area contributed by atoms with E-state index in [1.54, 1.807) is 36.1 Å². The molecule has 0 aromatic heterocycles. The summed E-state index contributed by atoms with van der Waals surface area (Å²) >= 11 is 0. The Morgan fingerprint density at radius 3 is 2.32 bits per heavy atom. The van der Waals surface area contributed by atoms with Crippen LogP contribution in [0, 0.1) is 6.92 Å². The molecule has 0 saturated heterocycles. The Labute approximate surface area is 165 Å². The predicted octanol–water partition coefficient (Wildman–Crippen LogP) is 2.88. The third-order valence-corrected chi connectivity index (χ3v) is 4.34. The standard InChI is InChI=1S/C22H26N2O4/c1-4-28-22(27)18-9-11-20(12-10-18)24(17(3)25)14-13-23-21(26)15-19-8-6-5-7-16(19)2/h5-12H,4,13-15H2,1-3H3,(H,23,26). The van der Waals surface area contributed by atoms with Crippen molar-refractivity contribution >= 4 is 23.5 Å². The van der Waals surface area contributed by atoms with Crippen LogP contribution in [0.15, 0.2) is 48.5 Å². The third kappa shape index (κ3) is 5.94. The zero-order valence-electron chi connectivity index (χ0n) is 16.5. The SMILES string of the molecule is CCOC(=O)c1ccc(N(CCNC(=O)Cc2ccccc2C)C(C)=O)cc1. The van der Waals surface area contributed by atoms with Crippen molar-refractivity contribution in [2.45, 2.75) is 27.2 Å². The second-order valence-electron chi connectivity index (χ2n) is 6.39. The van der Waals surface area contributed by atoms with Crippen LogP contribution in [-0.2, 0) is 20.7 Å². The van der Waals surface area contributed by atoms with Gasteiger partial charge in [0.15, 0.2) is 0 Å². The van der Waals surface area contributed by atoms with E-state index in [-0.39, 0.29) is 11.8 Å². The van der Waals surface area contributed by atoms with Crippen molar-refractivity contribution in [2.24, 2.45) is 0 Å². The summed E-state index contributed by atoms with van der Waals surface area (Å²) in [6, 6.07) is 14.4. The van der Waals surface area contributed by atoms with Crippen LogP contribution < -0.4 is 10.2 Å². The molecule has 6 heteroatoms. The number of nitrogens with zero attached hydrogens (tertiary/aromatic N) is 1. The number of aryl methyl sites for hydroxylation is 1. The summed E-state index contributed by atoms with van der Waals surface area (Å²) in [5.41, 5.74) is 3.15. The lowest BCUT2D eigenvalue weighted by Crippen LogP contribution is -2.38. The Morgan fingerprint density at radius 1 is 1.04 bits per heavy atom. The van der Waals surface area contributed by atoms with E-state index >= 15 is 0 Å². The molecule has 2 aromatic rings. The lowest BCUT2D eigenvalue weighted by Gasteiger charge is -2.21. The molecule has 28 heavy (non-hydrogen) atoms. The summed E-state index contributed by atoms with van der Waals surface area (Å²) in [5, 5.41) is 2.85. The number of rotatable bonds is 8. The average Bonchev–Trinajstić information content (AvgIpc) is 2.67. The van der Waals surface area contributed by atoms with Crippen molar-refractivity contribution in [1.29, 1.82) is 0 Å². The summed E-state index contributed by atoms with van der Waals surface area (Å²) in [6.45, 7) is 6.17. The molecular weight excluding hydrogens is 356 g/mol. The number of carbonyl (C=O) groups is 3. The van der Waals surface area contributed by atoms with E-state index < -0.39 is 5.97 Å². The van der Waals surface area contributed by atoms with Crippen LogP contribution in [-0.4, -0.2) is 37.5 Å². The summed E-state index contributed by atoms with van der Waals surface area (Å²) < 4.78 is 4.96. The Kier molecular flexibility index (Phi) is 7.75. The summed E-state index contributed by atoms with van der Waals surface area (Å²) in [5.74, 6) is -0.626. The molecule has 148 valence electrons. The molecule has 2 amide bonds. The van der Waals surface area contributed by atoms with E-state index in [0.717, 1.165) is 11.1 Å². The number of benzene rings is 2. The monoisotopic (exact) mass is 382 g/mol. The third-order valence-electron chi connectivity index (χ3n) is 4.34. The van der Waals surface area contributed by atoms with Gasteiger partial charge in [0, 0.05) is 25.7 Å². The zero-order chi connectivity index (χ0) is 20.5. The van der Waals surface area contributed by atoms with Gasteiger partial charge in [-0.15, -0.1) is 0 Å². The van der Waals surface area contributed by atoms with E-state index in [4.69, 9.17) is 4.74 Å². The smallest absolute Gasteiger partial charge is 0.338 e. The Hall–Kier alpha value is -3.15. The topological polar surface area (TPSA) is 75.7 Å². The van der Waals surface area contributed by atoms with Gasteiger partial charge in [-0.25, -0.2) is 4.79 Å². The van der Waals surface area contributed by atoms with Gasteiger partial charge >= 0.3 is 5.97 Å². The van der Waals surface area contributed by atoms with Crippen molar-refractivity contribution in [3.8, 4) is 0 Å². The van der Waals surface area contributed by atoms with Crippen molar-refractivity contribution in [1.82, 2.24) is 5.32 Å². The van der Waals surface area contributed by atoms with E-state index in [0.29, 0.717) is 37.4 Å². The van der Waals surface area contributed by atoms with Gasteiger partial charge in [-0.05, 0) is 49.2 Å². The van der Waals surface area contributed by atoms with Gasteiger partial charge in [0.1, 0.15) is 0 Å². The molecule has 0 bridgehead atoms. The van der Waals surface area contributed by atoms with Crippen molar-refractivity contribution in [2.75, 3.05) is 24.6 Å². The van der Waals surface area contributed by atoms with E-state index in [1.807, 2.05) is 31.2 Å². The highest BCUT2D eigenvalue weighted by Crippen LogP contribution is 2.16. The van der Waals surface area contributed by atoms with Crippen LogP contribution in [0.3, 0.4) is 0 Å². The van der Waals surface area contributed by atoms with Gasteiger partial charge in [-0.1, -0.05) is 24.3 Å². The number of nitrogens with one attached hydrogen (secondary N) is 1. The lowest BCUT2D eigenvalue weighted by atomic mass is 10.1.